The predicted molar refractivity (Wildman–Crippen MR) is 59.4 cm³/mol. The van der Waals surface area contributed by atoms with Crippen molar-refractivity contribution in [3.63, 3.8) is 0 Å². The Morgan fingerprint density at radius 2 is 2.13 bits per heavy atom. The molecule has 1 atom stereocenters. The molecule has 0 saturated heterocycles. The smallest absolute Gasteiger partial charge is 0.330 e. The van der Waals surface area contributed by atoms with Crippen LogP contribution in [0.1, 0.15) is 26.2 Å². The van der Waals surface area contributed by atoms with E-state index in [0.717, 1.165) is 19.3 Å². The number of allylic oxidation sites excluding steroid dienone is 2. The first-order chi connectivity index (χ1) is 7.11. The van der Waals surface area contributed by atoms with Crippen LogP contribution in [0.3, 0.4) is 0 Å². The highest BCUT2D eigenvalue weighted by Crippen LogP contribution is 2.09. The minimum Gasteiger partial charge on any atom is -0.466 e. The van der Waals surface area contributed by atoms with E-state index in [1.165, 1.54) is 19.3 Å². The fourth-order valence-corrected chi connectivity index (χ4v) is 1.13. The van der Waals surface area contributed by atoms with Gasteiger partial charge in [-0.25, -0.2) is 4.79 Å². The summed E-state index contributed by atoms with van der Waals surface area (Å²) in [6.45, 7) is 5.32. The average molecular weight is 210 g/mol. The average Bonchev–Trinajstić information content (AvgIpc) is 2.26. The van der Waals surface area contributed by atoms with Crippen LogP contribution < -0.4 is 0 Å². The first-order valence-electron chi connectivity index (χ1n) is 5.02. The molecule has 0 aromatic carbocycles. The second-order valence-electron chi connectivity index (χ2n) is 3.36. The number of rotatable bonds is 7. The zero-order valence-electron chi connectivity index (χ0n) is 9.36. The SMILES string of the molecule is C=CC(=O)C(C)CCC/C=C/C(=O)OC. The maximum atomic E-state index is 11.1. The molecule has 15 heavy (non-hydrogen) atoms. The van der Waals surface area contributed by atoms with Gasteiger partial charge in [-0.1, -0.05) is 19.6 Å². The molecule has 0 bridgehead atoms. The number of methoxy groups -OCH3 is 1. The number of carbonyl (C=O) groups is 2. The number of hydrogen-bond donors (Lipinski definition) is 0. The van der Waals surface area contributed by atoms with Crippen LogP contribution in [0, 0.1) is 5.92 Å². The summed E-state index contributed by atoms with van der Waals surface area (Å²) in [6, 6.07) is 0. The largest absolute Gasteiger partial charge is 0.466 e. The van der Waals surface area contributed by atoms with Crippen LogP contribution in [0.25, 0.3) is 0 Å². The summed E-state index contributed by atoms with van der Waals surface area (Å²) in [5.74, 6) is -0.244. The van der Waals surface area contributed by atoms with Gasteiger partial charge < -0.3 is 4.74 Å². The van der Waals surface area contributed by atoms with E-state index in [4.69, 9.17) is 0 Å². The molecule has 0 rings (SSSR count). The van der Waals surface area contributed by atoms with E-state index in [-0.39, 0.29) is 17.7 Å². The molecule has 0 heterocycles. The van der Waals surface area contributed by atoms with Crippen molar-refractivity contribution < 1.29 is 14.3 Å². The molecule has 0 saturated carbocycles. The molecule has 0 fully saturated rings. The van der Waals surface area contributed by atoms with Crippen molar-refractivity contribution in [1.82, 2.24) is 0 Å². The van der Waals surface area contributed by atoms with E-state index in [0.29, 0.717) is 0 Å². The van der Waals surface area contributed by atoms with Gasteiger partial charge in [0.25, 0.3) is 0 Å². The summed E-state index contributed by atoms with van der Waals surface area (Å²) in [7, 11) is 1.34. The van der Waals surface area contributed by atoms with E-state index >= 15 is 0 Å². The minimum absolute atomic E-state index is 0.0222. The van der Waals surface area contributed by atoms with Crippen molar-refractivity contribution in [2.75, 3.05) is 7.11 Å². The Morgan fingerprint density at radius 3 is 2.67 bits per heavy atom. The van der Waals surface area contributed by atoms with Crippen LogP contribution in [0.15, 0.2) is 24.8 Å². The number of hydrogen-bond acceptors (Lipinski definition) is 3. The Hall–Kier alpha value is -1.38. The molecule has 3 heteroatoms. The second kappa shape index (κ2) is 7.97. The van der Waals surface area contributed by atoms with Crippen LogP contribution in [0.5, 0.6) is 0 Å². The number of ketones is 1. The molecule has 0 aliphatic heterocycles. The summed E-state index contributed by atoms with van der Waals surface area (Å²) in [5, 5.41) is 0. The third-order valence-corrected chi connectivity index (χ3v) is 2.15. The lowest BCUT2D eigenvalue weighted by molar-refractivity contribution is -0.134. The highest BCUT2D eigenvalue weighted by molar-refractivity contribution is 5.90. The van der Waals surface area contributed by atoms with Crippen molar-refractivity contribution in [2.45, 2.75) is 26.2 Å². The Bertz CT molecular complexity index is 254. The molecule has 0 radical (unpaired) electrons. The van der Waals surface area contributed by atoms with E-state index in [1.54, 1.807) is 6.08 Å². The lowest BCUT2D eigenvalue weighted by Crippen LogP contribution is -2.06. The highest BCUT2D eigenvalue weighted by atomic mass is 16.5. The maximum absolute atomic E-state index is 11.1. The van der Waals surface area contributed by atoms with E-state index < -0.39 is 0 Å². The molecule has 0 amide bonds. The number of unbranched alkanes of at least 4 members (excludes halogenated alkanes) is 1. The van der Waals surface area contributed by atoms with Gasteiger partial charge in [0.2, 0.25) is 0 Å². The zero-order valence-corrected chi connectivity index (χ0v) is 9.36. The van der Waals surface area contributed by atoms with Gasteiger partial charge >= 0.3 is 5.97 Å². The van der Waals surface area contributed by atoms with E-state index in [9.17, 15) is 9.59 Å². The zero-order chi connectivity index (χ0) is 11.7. The van der Waals surface area contributed by atoms with Gasteiger partial charge in [0, 0.05) is 12.0 Å². The van der Waals surface area contributed by atoms with Gasteiger partial charge in [-0.15, -0.1) is 0 Å². The van der Waals surface area contributed by atoms with Crippen LogP contribution >= 0.6 is 0 Å². The standard InChI is InChI=1S/C12H18O3/c1-4-11(13)10(2)8-6-5-7-9-12(14)15-3/h4,7,9-10H,1,5-6,8H2,2-3H3/b9-7+. The van der Waals surface area contributed by atoms with Crippen LogP contribution in [-0.4, -0.2) is 18.9 Å². The summed E-state index contributed by atoms with van der Waals surface area (Å²) >= 11 is 0. The Morgan fingerprint density at radius 1 is 1.47 bits per heavy atom. The first-order valence-corrected chi connectivity index (χ1v) is 5.02. The molecule has 3 nitrogen and oxygen atoms in total. The molecule has 84 valence electrons. The van der Waals surface area contributed by atoms with Gasteiger partial charge in [-0.05, 0) is 25.3 Å². The topological polar surface area (TPSA) is 43.4 Å². The van der Waals surface area contributed by atoms with Gasteiger partial charge in [-0.3, -0.25) is 4.79 Å². The second-order valence-corrected chi connectivity index (χ2v) is 3.36. The lowest BCUT2D eigenvalue weighted by atomic mass is 9.99. The first kappa shape index (κ1) is 13.6. The Balaban J connectivity index is 3.62. The van der Waals surface area contributed by atoms with Crippen LogP contribution in [-0.2, 0) is 14.3 Å². The van der Waals surface area contributed by atoms with Gasteiger partial charge in [0.1, 0.15) is 0 Å². The molecule has 0 aliphatic carbocycles. The quantitative estimate of drug-likeness (QED) is 0.368. The minimum atomic E-state index is -0.342. The maximum Gasteiger partial charge on any atom is 0.330 e. The third-order valence-electron chi connectivity index (χ3n) is 2.15. The number of ether oxygens (including phenoxy) is 1. The van der Waals surface area contributed by atoms with E-state index in [1.807, 2.05) is 6.92 Å². The van der Waals surface area contributed by atoms with Gasteiger partial charge in [-0.2, -0.15) is 0 Å². The molecule has 0 aliphatic rings. The van der Waals surface area contributed by atoms with Gasteiger partial charge in [0.15, 0.2) is 5.78 Å². The fourth-order valence-electron chi connectivity index (χ4n) is 1.13. The van der Waals surface area contributed by atoms with Crippen molar-refractivity contribution in [1.29, 1.82) is 0 Å². The highest BCUT2D eigenvalue weighted by Gasteiger charge is 2.07. The molecule has 1 unspecified atom stereocenters. The third kappa shape index (κ3) is 6.66. The monoisotopic (exact) mass is 210 g/mol. The fraction of sp³-hybridized carbons (Fsp3) is 0.500. The number of carbonyl (C=O) groups excluding carboxylic acids is 2. The van der Waals surface area contributed by atoms with Crippen LogP contribution in [0.2, 0.25) is 0 Å². The van der Waals surface area contributed by atoms with Crippen molar-refractivity contribution in [3.8, 4) is 0 Å². The Labute approximate surface area is 90.8 Å². The molecular weight excluding hydrogens is 192 g/mol. The summed E-state index contributed by atoms with van der Waals surface area (Å²) < 4.78 is 4.44. The summed E-state index contributed by atoms with van der Waals surface area (Å²) in [4.78, 5) is 21.8. The molecule has 0 N–H and O–H groups in total. The van der Waals surface area contributed by atoms with Crippen LogP contribution in [0.4, 0.5) is 0 Å². The van der Waals surface area contributed by atoms with Crippen molar-refractivity contribution >= 4 is 11.8 Å². The summed E-state index contributed by atoms with van der Waals surface area (Å²) in [5.41, 5.74) is 0. The molecule has 0 spiro atoms. The molecular formula is C12H18O3. The van der Waals surface area contributed by atoms with Gasteiger partial charge in [0.05, 0.1) is 7.11 Å². The normalized spacial score (nSPS) is 12.4. The van der Waals surface area contributed by atoms with Crippen molar-refractivity contribution in [3.05, 3.63) is 24.8 Å². The predicted octanol–water partition coefficient (Wildman–Crippen LogP) is 2.28. The van der Waals surface area contributed by atoms with Crippen molar-refractivity contribution in [2.24, 2.45) is 5.92 Å². The Kier molecular flexibility index (Phi) is 7.24. The molecule has 0 aromatic rings. The molecule has 0 aromatic heterocycles. The van der Waals surface area contributed by atoms with E-state index in [2.05, 4.69) is 11.3 Å². The lowest BCUT2D eigenvalue weighted by Gasteiger charge is -2.05. The summed E-state index contributed by atoms with van der Waals surface area (Å²) in [6.07, 6.45) is 7.00. The number of esters is 1.